The third-order valence-corrected chi connectivity index (χ3v) is 5.80. The number of thioether (sulfide) groups is 1. The fourth-order valence-corrected chi connectivity index (χ4v) is 5.08. The Balaban J connectivity index is 2.28. The summed E-state index contributed by atoms with van der Waals surface area (Å²) in [6.45, 7) is 11.2. The van der Waals surface area contributed by atoms with Gasteiger partial charge < -0.3 is 5.32 Å². The molecule has 2 rings (SSSR count). The lowest BCUT2D eigenvalue weighted by atomic mass is 9.96. The van der Waals surface area contributed by atoms with E-state index in [0.29, 0.717) is 12.0 Å². The summed E-state index contributed by atoms with van der Waals surface area (Å²) < 4.78 is 0. The van der Waals surface area contributed by atoms with Crippen LogP contribution in [0.2, 0.25) is 0 Å². The minimum absolute atomic E-state index is 0.107. The molecule has 2 heterocycles. The summed E-state index contributed by atoms with van der Waals surface area (Å²) >= 11 is 3.89. The van der Waals surface area contributed by atoms with Crippen molar-refractivity contribution in [3.63, 3.8) is 0 Å². The average Bonchev–Trinajstić information content (AvgIpc) is 2.85. The molecule has 0 spiro atoms. The second-order valence-corrected chi connectivity index (χ2v) is 8.22. The third kappa shape index (κ3) is 2.91. The molecule has 1 aromatic heterocycles. The van der Waals surface area contributed by atoms with Crippen LogP contribution in [-0.2, 0) is 5.54 Å². The molecular formula is C14H24N2S2. The van der Waals surface area contributed by atoms with Gasteiger partial charge in [-0.05, 0) is 26.2 Å². The number of hydrogen-bond acceptors (Lipinski definition) is 4. The highest BCUT2D eigenvalue weighted by atomic mass is 32.2. The molecule has 2 unspecified atom stereocenters. The standard InChI is InChI=1S/C14H24N2S2/c1-9(2)12-7-17-13(15-12)14(16-10(3)4)6-11(5)18-8-14/h7,9-11,16H,6,8H2,1-5H3. The highest BCUT2D eigenvalue weighted by Crippen LogP contribution is 2.43. The largest absolute Gasteiger partial charge is 0.302 e. The van der Waals surface area contributed by atoms with Crippen molar-refractivity contribution in [3.05, 3.63) is 16.1 Å². The molecule has 0 amide bonds. The Labute approximate surface area is 119 Å². The van der Waals surface area contributed by atoms with Crippen molar-refractivity contribution in [2.75, 3.05) is 5.75 Å². The van der Waals surface area contributed by atoms with Crippen molar-refractivity contribution in [1.29, 1.82) is 0 Å². The molecule has 0 aliphatic carbocycles. The van der Waals surface area contributed by atoms with Crippen molar-refractivity contribution in [2.24, 2.45) is 0 Å². The summed E-state index contributed by atoms with van der Waals surface area (Å²) in [4.78, 5) is 4.89. The fraction of sp³-hybridized carbons (Fsp3) is 0.786. The van der Waals surface area contributed by atoms with Crippen LogP contribution >= 0.6 is 23.1 Å². The molecule has 0 aromatic carbocycles. The molecule has 1 aliphatic heterocycles. The van der Waals surface area contributed by atoms with E-state index in [2.05, 4.69) is 57.1 Å². The van der Waals surface area contributed by atoms with Crippen LogP contribution in [0, 0.1) is 0 Å². The lowest BCUT2D eigenvalue weighted by molar-refractivity contribution is 0.330. The molecule has 1 aromatic rings. The molecular weight excluding hydrogens is 260 g/mol. The molecule has 2 nitrogen and oxygen atoms in total. The van der Waals surface area contributed by atoms with Crippen molar-refractivity contribution in [2.45, 2.75) is 63.8 Å². The third-order valence-electron chi connectivity index (χ3n) is 3.34. The van der Waals surface area contributed by atoms with Crippen LogP contribution < -0.4 is 5.32 Å². The van der Waals surface area contributed by atoms with Gasteiger partial charge in [0.25, 0.3) is 0 Å². The summed E-state index contributed by atoms with van der Waals surface area (Å²) in [6, 6.07) is 0.502. The SMILES string of the molecule is CC(C)NC1(c2nc(C(C)C)cs2)CSC(C)C1. The molecule has 0 saturated carbocycles. The maximum absolute atomic E-state index is 4.89. The minimum Gasteiger partial charge on any atom is -0.302 e. The average molecular weight is 284 g/mol. The zero-order chi connectivity index (χ0) is 13.3. The quantitative estimate of drug-likeness (QED) is 0.905. The van der Waals surface area contributed by atoms with Gasteiger partial charge in [0, 0.05) is 22.4 Å². The normalized spacial score (nSPS) is 28.5. The molecule has 1 fully saturated rings. The van der Waals surface area contributed by atoms with E-state index in [4.69, 9.17) is 4.98 Å². The van der Waals surface area contributed by atoms with E-state index in [-0.39, 0.29) is 5.54 Å². The van der Waals surface area contributed by atoms with Crippen LogP contribution in [0.1, 0.15) is 57.7 Å². The van der Waals surface area contributed by atoms with E-state index < -0.39 is 0 Å². The Kier molecular flexibility index (Phi) is 4.40. The smallest absolute Gasteiger partial charge is 0.114 e. The zero-order valence-corrected chi connectivity index (χ0v) is 13.6. The van der Waals surface area contributed by atoms with Crippen molar-refractivity contribution in [1.82, 2.24) is 10.3 Å². The molecule has 4 heteroatoms. The summed E-state index contributed by atoms with van der Waals surface area (Å²) in [6.07, 6.45) is 1.20. The Morgan fingerprint density at radius 2 is 2.11 bits per heavy atom. The summed E-state index contributed by atoms with van der Waals surface area (Å²) in [5, 5.41) is 8.03. The minimum atomic E-state index is 0.107. The number of nitrogens with zero attached hydrogens (tertiary/aromatic N) is 1. The van der Waals surface area contributed by atoms with E-state index in [1.165, 1.54) is 17.1 Å². The zero-order valence-electron chi connectivity index (χ0n) is 12.0. The number of rotatable bonds is 4. The first-order chi connectivity index (χ1) is 8.43. The van der Waals surface area contributed by atoms with Crippen molar-refractivity contribution in [3.8, 4) is 0 Å². The van der Waals surface area contributed by atoms with Gasteiger partial charge in [-0.1, -0.05) is 20.8 Å². The lowest BCUT2D eigenvalue weighted by Gasteiger charge is -2.30. The van der Waals surface area contributed by atoms with Crippen LogP contribution in [0.15, 0.2) is 5.38 Å². The van der Waals surface area contributed by atoms with Crippen LogP contribution in [0.25, 0.3) is 0 Å². The monoisotopic (exact) mass is 284 g/mol. The lowest BCUT2D eigenvalue weighted by Crippen LogP contribution is -2.46. The molecule has 0 radical (unpaired) electrons. The van der Waals surface area contributed by atoms with E-state index >= 15 is 0 Å². The first-order valence-electron chi connectivity index (χ1n) is 6.78. The van der Waals surface area contributed by atoms with Crippen LogP contribution in [-0.4, -0.2) is 22.0 Å². The molecule has 2 atom stereocenters. The summed E-state index contributed by atoms with van der Waals surface area (Å²) in [5.74, 6) is 1.68. The van der Waals surface area contributed by atoms with Crippen molar-refractivity contribution < 1.29 is 0 Å². The van der Waals surface area contributed by atoms with E-state index in [1.54, 1.807) is 0 Å². The van der Waals surface area contributed by atoms with Crippen LogP contribution in [0.3, 0.4) is 0 Å². The Bertz CT molecular complexity index is 400. The van der Waals surface area contributed by atoms with Crippen molar-refractivity contribution >= 4 is 23.1 Å². The van der Waals surface area contributed by atoms with Gasteiger partial charge in [0.1, 0.15) is 5.01 Å². The van der Waals surface area contributed by atoms with E-state index in [1.807, 2.05) is 11.3 Å². The maximum atomic E-state index is 4.89. The highest BCUT2D eigenvalue weighted by molar-refractivity contribution is 8.00. The molecule has 1 aliphatic rings. The molecule has 18 heavy (non-hydrogen) atoms. The second kappa shape index (κ2) is 5.51. The number of nitrogens with one attached hydrogen (secondary N) is 1. The van der Waals surface area contributed by atoms with Crippen LogP contribution in [0.4, 0.5) is 0 Å². The summed E-state index contributed by atoms with van der Waals surface area (Å²) in [7, 11) is 0. The number of thiazole rings is 1. The molecule has 1 saturated heterocycles. The molecule has 1 N–H and O–H groups in total. The van der Waals surface area contributed by atoms with Gasteiger partial charge >= 0.3 is 0 Å². The molecule has 102 valence electrons. The molecule has 0 bridgehead atoms. The predicted molar refractivity (Wildman–Crippen MR) is 82.7 cm³/mol. The van der Waals surface area contributed by atoms with Gasteiger partial charge in [-0.25, -0.2) is 4.98 Å². The van der Waals surface area contributed by atoms with Crippen LogP contribution in [0.5, 0.6) is 0 Å². The Hall–Kier alpha value is -0.0600. The highest BCUT2D eigenvalue weighted by Gasteiger charge is 2.42. The van der Waals surface area contributed by atoms with E-state index in [9.17, 15) is 0 Å². The Morgan fingerprint density at radius 3 is 2.56 bits per heavy atom. The number of hydrogen-bond donors (Lipinski definition) is 1. The van der Waals surface area contributed by atoms with Gasteiger partial charge in [-0.3, -0.25) is 0 Å². The van der Waals surface area contributed by atoms with Gasteiger partial charge in [0.2, 0.25) is 0 Å². The topological polar surface area (TPSA) is 24.9 Å². The second-order valence-electron chi connectivity index (χ2n) is 5.94. The Morgan fingerprint density at radius 1 is 1.39 bits per heavy atom. The van der Waals surface area contributed by atoms with Gasteiger partial charge in [-0.2, -0.15) is 11.8 Å². The fourth-order valence-electron chi connectivity index (χ4n) is 2.53. The predicted octanol–water partition coefficient (Wildman–Crippen LogP) is 3.99. The first-order valence-corrected chi connectivity index (χ1v) is 8.71. The maximum Gasteiger partial charge on any atom is 0.114 e. The van der Waals surface area contributed by atoms with Gasteiger partial charge in [-0.15, -0.1) is 11.3 Å². The van der Waals surface area contributed by atoms with Gasteiger partial charge in [0.15, 0.2) is 0 Å². The number of aromatic nitrogens is 1. The van der Waals surface area contributed by atoms with Gasteiger partial charge in [0.05, 0.1) is 11.2 Å². The van der Waals surface area contributed by atoms with E-state index in [0.717, 1.165) is 11.0 Å². The first kappa shape index (κ1) is 14.4. The summed E-state index contributed by atoms with van der Waals surface area (Å²) in [5.41, 5.74) is 1.35.